The Labute approximate surface area is 203 Å². The van der Waals surface area contributed by atoms with Crippen LogP contribution in [0.15, 0.2) is 34.7 Å². The number of halogens is 1. The van der Waals surface area contributed by atoms with Crippen LogP contribution >= 0.6 is 11.3 Å². The fourth-order valence-electron chi connectivity index (χ4n) is 4.83. The topological polar surface area (TPSA) is 99.7 Å². The highest BCUT2D eigenvalue weighted by Gasteiger charge is 2.39. The molecule has 1 N–H and O–H groups in total. The number of amides is 2. The van der Waals surface area contributed by atoms with Crippen molar-refractivity contribution in [1.82, 2.24) is 14.2 Å². The van der Waals surface area contributed by atoms with Crippen LogP contribution in [0.1, 0.15) is 44.1 Å². The van der Waals surface area contributed by atoms with Crippen LogP contribution in [0, 0.1) is 18.7 Å². The molecule has 11 heteroatoms. The van der Waals surface area contributed by atoms with Gasteiger partial charge in [-0.15, -0.1) is 11.3 Å². The SMILES string of the molecule is Cc1cc(F)ccc1S(=O)(=O)N1CCN([C@@H](CC2CCCCC2)C(=O)Nc2nccs2)C(=O)C1. The molecular weight excluding hydrogens is 479 g/mol. The van der Waals surface area contributed by atoms with Crippen LogP contribution in [0.3, 0.4) is 0 Å². The molecule has 2 amide bonds. The molecule has 4 rings (SSSR count). The zero-order valence-corrected chi connectivity index (χ0v) is 20.7. The van der Waals surface area contributed by atoms with Crippen molar-refractivity contribution in [3.8, 4) is 0 Å². The van der Waals surface area contributed by atoms with E-state index in [1.165, 1.54) is 35.6 Å². The van der Waals surface area contributed by atoms with E-state index in [-0.39, 0.29) is 36.0 Å². The fraction of sp³-hybridized carbons (Fsp3) is 0.522. The van der Waals surface area contributed by atoms with E-state index in [0.29, 0.717) is 17.5 Å². The quantitative estimate of drug-likeness (QED) is 0.618. The van der Waals surface area contributed by atoms with Crippen LogP contribution in [-0.2, 0) is 19.6 Å². The van der Waals surface area contributed by atoms with Gasteiger partial charge < -0.3 is 10.2 Å². The van der Waals surface area contributed by atoms with E-state index in [0.717, 1.165) is 42.1 Å². The van der Waals surface area contributed by atoms with Crippen LogP contribution < -0.4 is 5.32 Å². The monoisotopic (exact) mass is 508 g/mol. The smallest absolute Gasteiger partial charge is 0.248 e. The molecule has 0 spiro atoms. The minimum Gasteiger partial charge on any atom is -0.328 e. The Bertz CT molecular complexity index is 1130. The number of anilines is 1. The largest absolute Gasteiger partial charge is 0.328 e. The van der Waals surface area contributed by atoms with Gasteiger partial charge in [0.2, 0.25) is 21.8 Å². The molecule has 2 fully saturated rings. The number of sulfonamides is 1. The predicted molar refractivity (Wildman–Crippen MR) is 127 cm³/mol. The third-order valence-electron chi connectivity index (χ3n) is 6.60. The lowest BCUT2D eigenvalue weighted by molar-refractivity contribution is -0.142. The van der Waals surface area contributed by atoms with Gasteiger partial charge in [0, 0.05) is 24.7 Å². The molecule has 1 saturated carbocycles. The molecule has 184 valence electrons. The molecule has 0 bridgehead atoms. The van der Waals surface area contributed by atoms with Crippen LogP contribution in [-0.4, -0.2) is 60.1 Å². The molecule has 1 aliphatic heterocycles. The Kier molecular flexibility index (Phi) is 7.63. The highest BCUT2D eigenvalue weighted by atomic mass is 32.2. The van der Waals surface area contributed by atoms with Gasteiger partial charge in [0.15, 0.2) is 5.13 Å². The summed E-state index contributed by atoms with van der Waals surface area (Å²) in [5.41, 5.74) is 0.285. The number of thiazole rings is 1. The Morgan fingerprint density at radius 1 is 1.26 bits per heavy atom. The predicted octanol–water partition coefficient (Wildman–Crippen LogP) is 3.40. The van der Waals surface area contributed by atoms with Gasteiger partial charge in [-0.2, -0.15) is 4.31 Å². The maximum atomic E-state index is 13.5. The van der Waals surface area contributed by atoms with Gasteiger partial charge in [0.05, 0.1) is 11.4 Å². The van der Waals surface area contributed by atoms with Gasteiger partial charge in [-0.05, 0) is 43.0 Å². The molecule has 2 aromatic rings. The summed E-state index contributed by atoms with van der Waals surface area (Å²) in [6, 6.07) is 2.80. The zero-order valence-electron chi connectivity index (χ0n) is 19.1. The third kappa shape index (κ3) is 5.47. The zero-order chi connectivity index (χ0) is 24.3. The highest BCUT2D eigenvalue weighted by molar-refractivity contribution is 7.89. The number of benzene rings is 1. The van der Waals surface area contributed by atoms with Crippen LogP contribution in [0.25, 0.3) is 0 Å². The molecule has 0 radical (unpaired) electrons. The lowest BCUT2D eigenvalue weighted by Crippen LogP contribution is -2.58. The second-order valence-corrected chi connectivity index (χ2v) is 11.7. The van der Waals surface area contributed by atoms with Crippen molar-refractivity contribution in [2.75, 3.05) is 25.0 Å². The van der Waals surface area contributed by atoms with E-state index >= 15 is 0 Å². The van der Waals surface area contributed by atoms with E-state index < -0.39 is 27.8 Å². The highest BCUT2D eigenvalue weighted by Crippen LogP contribution is 2.30. The number of nitrogens with zero attached hydrogens (tertiary/aromatic N) is 3. The Balaban J connectivity index is 1.51. The van der Waals surface area contributed by atoms with Crippen molar-refractivity contribution in [2.24, 2.45) is 5.92 Å². The summed E-state index contributed by atoms with van der Waals surface area (Å²) in [4.78, 5) is 32.0. The van der Waals surface area contributed by atoms with Crippen molar-refractivity contribution in [1.29, 1.82) is 0 Å². The number of carbonyl (C=O) groups excluding carboxylic acids is 2. The van der Waals surface area contributed by atoms with Crippen LogP contribution in [0.4, 0.5) is 9.52 Å². The van der Waals surface area contributed by atoms with Crippen molar-refractivity contribution < 1.29 is 22.4 Å². The number of hydrogen-bond donors (Lipinski definition) is 1. The maximum Gasteiger partial charge on any atom is 0.248 e. The first kappa shape index (κ1) is 24.7. The maximum absolute atomic E-state index is 13.5. The lowest BCUT2D eigenvalue weighted by Gasteiger charge is -2.39. The summed E-state index contributed by atoms with van der Waals surface area (Å²) in [7, 11) is -3.97. The molecule has 1 atom stereocenters. The summed E-state index contributed by atoms with van der Waals surface area (Å²) >= 11 is 1.31. The molecule has 34 heavy (non-hydrogen) atoms. The summed E-state index contributed by atoms with van der Waals surface area (Å²) in [5, 5.41) is 5.05. The Hall–Kier alpha value is -2.37. The second kappa shape index (κ2) is 10.5. The van der Waals surface area contributed by atoms with E-state index in [4.69, 9.17) is 0 Å². The Morgan fingerprint density at radius 3 is 2.68 bits per heavy atom. The molecular formula is C23H29FN4O4S2. The van der Waals surface area contributed by atoms with Crippen molar-refractivity contribution in [3.05, 3.63) is 41.2 Å². The summed E-state index contributed by atoms with van der Waals surface area (Å²) in [5.74, 6) is -0.879. The van der Waals surface area contributed by atoms with Crippen LogP contribution in [0.2, 0.25) is 0 Å². The molecule has 0 unspecified atom stereocenters. The number of rotatable bonds is 7. The Morgan fingerprint density at radius 2 is 2.03 bits per heavy atom. The molecule has 2 heterocycles. The van der Waals surface area contributed by atoms with Gasteiger partial charge in [-0.25, -0.2) is 17.8 Å². The third-order valence-corrected chi connectivity index (χ3v) is 9.29. The molecule has 1 aliphatic carbocycles. The van der Waals surface area contributed by atoms with Crippen molar-refractivity contribution >= 4 is 38.3 Å². The van der Waals surface area contributed by atoms with Gasteiger partial charge >= 0.3 is 0 Å². The summed E-state index contributed by atoms with van der Waals surface area (Å²) in [6.07, 6.45) is 7.60. The number of aromatic nitrogens is 1. The van der Waals surface area contributed by atoms with Crippen molar-refractivity contribution in [3.63, 3.8) is 0 Å². The average molecular weight is 509 g/mol. The number of piperazine rings is 1. The van der Waals surface area contributed by atoms with E-state index in [9.17, 15) is 22.4 Å². The minimum atomic E-state index is -3.97. The van der Waals surface area contributed by atoms with Gasteiger partial charge in [0.1, 0.15) is 11.9 Å². The number of nitrogens with one attached hydrogen (secondary N) is 1. The molecule has 2 aliphatic rings. The summed E-state index contributed by atoms with van der Waals surface area (Å²) < 4.78 is 40.9. The van der Waals surface area contributed by atoms with Crippen LogP contribution in [0.5, 0.6) is 0 Å². The van der Waals surface area contributed by atoms with Gasteiger partial charge in [0.25, 0.3) is 0 Å². The fourth-order valence-corrected chi connectivity index (χ4v) is 6.95. The number of carbonyl (C=O) groups is 2. The number of aryl methyl sites for hydroxylation is 1. The first-order chi connectivity index (χ1) is 16.3. The average Bonchev–Trinajstić information content (AvgIpc) is 3.31. The van der Waals surface area contributed by atoms with E-state index in [1.807, 2.05) is 0 Å². The van der Waals surface area contributed by atoms with Crippen molar-refractivity contribution in [2.45, 2.75) is 56.4 Å². The molecule has 1 aromatic heterocycles. The van der Waals surface area contributed by atoms with E-state index in [2.05, 4.69) is 10.3 Å². The first-order valence-corrected chi connectivity index (χ1v) is 13.8. The molecule has 8 nitrogen and oxygen atoms in total. The molecule has 1 aromatic carbocycles. The lowest BCUT2D eigenvalue weighted by atomic mass is 9.84. The van der Waals surface area contributed by atoms with Gasteiger partial charge in [-0.3, -0.25) is 9.59 Å². The van der Waals surface area contributed by atoms with E-state index in [1.54, 1.807) is 11.6 Å². The second-order valence-electron chi connectivity index (χ2n) is 8.92. The normalized spacial score (nSPS) is 19.2. The standard InChI is InChI=1S/C23H29FN4O4S2/c1-16-13-18(24)7-8-20(16)34(31,32)27-10-11-28(21(29)15-27)19(14-17-5-3-2-4-6-17)22(30)26-23-25-9-12-33-23/h7-9,12-13,17,19H,2-6,10-11,14-15H2,1H3,(H,25,26,30)/t19-/m0/s1. The summed E-state index contributed by atoms with van der Waals surface area (Å²) in [6.45, 7) is 1.35. The minimum absolute atomic E-state index is 0.0181. The first-order valence-electron chi connectivity index (χ1n) is 11.5. The number of hydrogen-bond acceptors (Lipinski definition) is 6. The van der Waals surface area contributed by atoms with Gasteiger partial charge in [-0.1, -0.05) is 32.1 Å². The molecule has 1 saturated heterocycles.